The number of aldehydes is 1. The summed E-state index contributed by atoms with van der Waals surface area (Å²) in [5.41, 5.74) is 0.572. The van der Waals surface area contributed by atoms with Gasteiger partial charge in [-0.3, -0.25) is 4.99 Å². The zero-order chi connectivity index (χ0) is 11.3. The Balaban J connectivity index is 2.95. The average molecular weight is 291 g/mol. The number of benzene rings is 1. The van der Waals surface area contributed by atoms with E-state index in [-0.39, 0.29) is 0 Å². The minimum Gasteiger partial charge on any atom is -0.495 e. The second kappa shape index (κ2) is 5.88. The Labute approximate surface area is 101 Å². The van der Waals surface area contributed by atoms with Gasteiger partial charge in [0.1, 0.15) is 21.9 Å². The summed E-state index contributed by atoms with van der Waals surface area (Å²) in [5.74, 6) is 0.559. The minimum atomic E-state index is -0.403. The summed E-state index contributed by atoms with van der Waals surface area (Å²) in [7, 11) is 1.54. The monoisotopic (exact) mass is 289 g/mol. The van der Waals surface area contributed by atoms with Crippen molar-refractivity contribution in [2.24, 2.45) is 4.99 Å². The van der Waals surface area contributed by atoms with Crippen LogP contribution in [0.4, 0.5) is 5.69 Å². The molecule has 1 unspecified atom stereocenters. The van der Waals surface area contributed by atoms with Gasteiger partial charge in [-0.15, -0.1) is 0 Å². The van der Waals surface area contributed by atoms with E-state index >= 15 is 0 Å². The first-order chi connectivity index (χ1) is 7.19. The molecule has 0 spiro atoms. The van der Waals surface area contributed by atoms with Gasteiger partial charge in [-0.25, -0.2) is 0 Å². The minimum absolute atomic E-state index is 0.403. The van der Waals surface area contributed by atoms with Crippen LogP contribution in [0.3, 0.4) is 0 Å². The van der Waals surface area contributed by atoms with E-state index in [1.54, 1.807) is 18.2 Å². The normalized spacial score (nSPS) is 12.7. The Morgan fingerprint density at radius 2 is 2.33 bits per heavy atom. The van der Waals surface area contributed by atoms with Crippen molar-refractivity contribution < 1.29 is 9.53 Å². The van der Waals surface area contributed by atoms with Crippen molar-refractivity contribution in [2.75, 3.05) is 7.11 Å². The molecule has 1 atom stereocenters. The second-order valence-corrected chi connectivity index (χ2v) is 4.09. The van der Waals surface area contributed by atoms with Crippen molar-refractivity contribution in [3.63, 3.8) is 0 Å². The van der Waals surface area contributed by atoms with Crippen LogP contribution in [0.25, 0.3) is 0 Å². The van der Waals surface area contributed by atoms with Gasteiger partial charge in [-0.2, -0.15) is 0 Å². The van der Waals surface area contributed by atoms with Gasteiger partial charge < -0.3 is 9.53 Å². The highest BCUT2D eigenvalue weighted by Gasteiger charge is 2.05. The first-order valence-electron chi connectivity index (χ1n) is 4.15. The third kappa shape index (κ3) is 3.32. The Kier molecular flexibility index (Phi) is 4.78. The molecule has 0 saturated carbocycles. The molecule has 0 aliphatic rings. The maximum Gasteiger partial charge on any atom is 0.139 e. The number of methoxy groups -OCH3 is 1. The van der Waals surface area contributed by atoms with Gasteiger partial charge in [-0.1, -0.05) is 33.6 Å². The summed E-state index contributed by atoms with van der Waals surface area (Å²) >= 11 is 9.10. The van der Waals surface area contributed by atoms with Crippen LogP contribution in [0.2, 0.25) is 5.02 Å². The number of nitrogens with zero attached hydrogens (tertiary/aromatic N) is 1. The number of alkyl halides is 1. The molecule has 0 aromatic heterocycles. The quantitative estimate of drug-likeness (QED) is 0.486. The van der Waals surface area contributed by atoms with Crippen LogP contribution in [0, 0.1) is 0 Å². The molecule has 0 N–H and O–H groups in total. The predicted molar refractivity (Wildman–Crippen MR) is 64.9 cm³/mol. The van der Waals surface area contributed by atoms with Crippen molar-refractivity contribution in [3.8, 4) is 5.75 Å². The molecular formula is C10H9BrClNO2. The highest BCUT2D eigenvalue weighted by atomic mass is 79.9. The molecule has 0 heterocycles. The molecule has 80 valence electrons. The number of hydrogen-bond acceptors (Lipinski definition) is 3. The van der Waals surface area contributed by atoms with Gasteiger partial charge in [0.2, 0.25) is 0 Å². The van der Waals surface area contributed by atoms with Gasteiger partial charge >= 0.3 is 0 Å². The molecule has 0 saturated heterocycles. The lowest BCUT2D eigenvalue weighted by molar-refractivity contribution is -0.106. The summed E-state index contributed by atoms with van der Waals surface area (Å²) in [5, 5.41) is 0.432. The largest absolute Gasteiger partial charge is 0.495 e. The lowest BCUT2D eigenvalue weighted by atomic mass is 10.3. The second-order valence-electron chi connectivity index (χ2n) is 2.65. The molecule has 3 nitrogen and oxygen atoms in total. The lowest BCUT2D eigenvalue weighted by Crippen LogP contribution is -1.98. The van der Waals surface area contributed by atoms with Gasteiger partial charge in [0.15, 0.2) is 0 Å². The van der Waals surface area contributed by atoms with Crippen LogP contribution in [0.15, 0.2) is 23.2 Å². The van der Waals surface area contributed by atoms with E-state index in [0.29, 0.717) is 16.5 Å². The lowest BCUT2D eigenvalue weighted by Gasteiger charge is -2.04. The van der Waals surface area contributed by atoms with Crippen molar-refractivity contribution in [1.82, 2.24) is 0 Å². The van der Waals surface area contributed by atoms with Crippen molar-refractivity contribution in [2.45, 2.75) is 4.83 Å². The van der Waals surface area contributed by atoms with Gasteiger partial charge in [0.05, 0.1) is 12.8 Å². The number of rotatable bonds is 4. The molecule has 0 fully saturated rings. The first-order valence-corrected chi connectivity index (χ1v) is 5.44. The molecule has 1 aromatic carbocycles. The molecule has 15 heavy (non-hydrogen) atoms. The number of halogens is 2. The smallest absolute Gasteiger partial charge is 0.139 e. The van der Waals surface area contributed by atoms with Crippen molar-refractivity contribution in [3.05, 3.63) is 23.2 Å². The van der Waals surface area contributed by atoms with E-state index in [1.807, 2.05) is 0 Å². The van der Waals surface area contributed by atoms with Gasteiger partial charge in [-0.05, 0) is 12.1 Å². The molecule has 5 heteroatoms. The summed E-state index contributed by atoms with van der Waals surface area (Å²) in [6.45, 7) is 0. The Hall–Kier alpha value is -0.870. The Morgan fingerprint density at radius 1 is 1.60 bits per heavy atom. The van der Waals surface area contributed by atoms with E-state index in [1.165, 1.54) is 13.3 Å². The fourth-order valence-corrected chi connectivity index (χ4v) is 1.31. The molecular weight excluding hydrogens is 281 g/mol. The van der Waals surface area contributed by atoms with Crippen LogP contribution in [0.1, 0.15) is 0 Å². The SMILES string of the molecule is COc1cccc(/N=C/C(Br)C=O)c1Cl. The Morgan fingerprint density at radius 3 is 2.93 bits per heavy atom. The molecule has 0 aliphatic heterocycles. The summed E-state index contributed by atoms with van der Waals surface area (Å²) in [6.07, 6.45) is 2.20. The van der Waals surface area contributed by atoms with Crippen LogP contribution in [0.5, 0.6) is 5.75 Å². The van der Waals surface area contributed by atoms with Crippen molar-refractivity contribution in [1.29, 1.82) is 0 Å². The van der Waals surface area contributed by atoms with E-state index < -0.39 is 4.83 Å². The summed E-state index contributed by atoms with van der Waals surface area (Å²) < 4.78 is 5.03. The van der Waals surface area contributed by atoms with Crippen LogP contribution >= 0.6 is 27.5 Å². The predicted octanol–water partition coefficient (Wildman–Crippen LogP) is 3.01. The van der Waals surface area contributed by atoms with E-state index in [9.17, 15) is 4.79 Å². The summed E-state index contributed by atoms with van der Waals surface area (Å²) in [4.78, 5) is 14.0. The molecule has 0 bridgehead atoms. The first kappa shape index (κ1) is 12.2. The third-order valence-electron chi connectivity index (χ3n) is 1.65. The topological polar surface area (TPSA) is 38.7 Å². The summed E-state index contributed by atoms with van der Waals surface area (Å²) in [6, 6.07) is 5.26. The molecule has 1 rings (SSSR count). The number of hydrogen-bond donors (Lipinski definition) is 0. The van der Waals surface area contributed by atoms with Gasteiger partial charge in [0, 0.05) is 6.21 Å². The highest BCUT2D eigenvalue weighted by molar-refractivity contribution is 9.10. The van der Waals surface area contributed by atoms with Crippen LogP contribution in [-0.2, 0) is 4.79 Å². The number of aliphatic imine (C=N–C) groups is 1. The Bertz CT molecular complexity index is 382. The standard InChI is InChI=1S/C10H9BrClNO2/c1-15-9-4-2-3-8(10(9)12)13-5-7(11)6-14/h2-7H,1H3/b13-5+. The molecule has 0 radical (unpaired) electrons. The number of carbonyl (C=O) groups excluding carboxylic acids is 1. The van der Waals surface area contributed by atoms with Crippen LogP contribution in [-0.4, -0.2) is 24.4 Å². The zero-order valence-corrected chi connectivity index (χ0v) is 10.3. The molecule has 1 aromatic rings. The fourth-order valence-electron chi connectivity index (χ4n) is 0.943. The average Bonchev–Trinajstić information content (AvgIpc) is 2.27. The van der Waals surface area contributed by atoms with E-state index in [0.717, 1.165) is 6.29 Å². The van der Waals surface area contributed by atoms with E-state index in [4.69, 9.17) is 16.3 Å². The van der Waals surface area contributed by atoms with E-state index in [2.05, 4.69) is 20.9 Å². The fraction of sp³-hybridized carbons (Fsp3) is 0.200. The maximum absolute atomic E-state index is 10.3. The number of carbonyl (C=O) groups is 1. The molecule has 0 amide bonds. The molecule has 0 aliphatic carbocycles. The highest BCUT2D eigenvalue weighted by Crippen LogP contribution is 2.33. The number of ether oxygens (including phenoxy) is 1. The maximum atomic E-state index is 10.3. The zero-order valence-electron chi connectivity index (χ0n) is 7.98. The van der Waals surface area contributed by atoms with Crippen molar-refractivity contribution >= 4 is 45.7 Å². The van der Waals surface area contributed by atoms with Crippen LogP contribution < -0.4 is 4.74 Å². The van der Waals surface area contributed by atoms with Gasteiger partial charge in [0.25, 0.3) is 0 Å². The third-order valence-corrected chi connectivity index (χ3v) is 2.48.